The first-order valence-electron chi connectivity index (χ1n) is 7.85. The van der Waals surface area contributed by atoms with Gasteiger partial charge in [0, 0.05) is 15.3 Å². The Balaban J connectivity index is 1.63. The largest absolute Gasteiger partial charge is 0.465 e. The lowest BCUT2D eigenvalue weighted by molar-refractivity contribution is 0.0602. The molecule has 0 spiro atoms. The molecule has 0 unspecified atom stereocenters. The van der Waals surface area contributed by atoms with Crippen LogP contribution in [0.15, 0.2) is 41.8 Å². The number of carbonyl (C=O) groups is 2. The lowest BCUT2D eigenvalue weighted by Gasteiger charge is -2.10. The fourth-order valence-corrected chi connectivity index (χ4v) is 5.11. The number of nitrogens with one attached hydrogen (secondary N) is 1. The van der Waals surface area contributed by atoms with E-state index in [1.807, 2.05) is 6.07 Å². The van der Waals surface area contributed by atoms with E-state index in [4.69, 9.17) is 4.74 Å². The molecule has 0 aliphatic heterocycles. The molecular formula is C19H15NO3S2. The van der Waals surface area contributed by atoms with Crippen molar-refractivity contribution in [3.8, 4) is 10.4 Å². The van der Waals surface area contributed by atoms with Gasteiger partial charge in [0.2, 0.25) is 0 Å². The normalized spacial score (nSPS) is 12.2. The van der Waals surface area contributed by atoms with E-state index in [1.54, 1.807) is 35.6 Å². The zero-order chi connectivity index (χ0) is 17.4. The fraction of sp³-hybridized carbons (Fsp3) is 0.158. The molecule has 1 aliphatic rings. The number of carbonyl (C=O) groups excluding carboxylic acids is 2. The van der Waals surface area contributed by atoms with Crippen LogP contribution in [0.5, 0.6) is 0 Å². The highest BCUT2D eigenvalue weighted by molar-refractivity contribution is 7.18. The highest BCUT2D eigenvalue weighted by Crippen LogP contribution is 2.41. The molecule has 0 bridgehead atoms. The van der Waals surface area contributed by atoms with Gasteiger partial charge in [0.15, 0.2) is 0 Å². The van der Waals surface area contributed by atoms with Gasteiger partial charge in [-0.15, -0.1) is 22.7 Å². The number of esters is 1. The van der Waals surface area contributed by atoms with Crippen LogP contribution < -0.4 is 5.32 Å². The van der Waals surface area contributed by atoms with Gasteiger partial charge < -0.3 is 10.1 Å². The first-order valence-corrected chi connectivity index (χ1v) is 9.55. The summed E-state index contributed by atoms with van der Waals surface area (Å²) in [6.45, 7) is 0. The molecule has 1 amide bonds. The average Bonchev–Trinajstić information content (AvgIpc) is 3.27. The van der Waals surface area contributed by atoms with E-state index in [0.29, 0.717) is 16.1 Å². The Hall–Kier alpha value is -2.44. The summed E-state index contributed by atoms with van der Waals surface area (Å²) in [5.74, 6) is -0.670. The quantitative estimate of drug-likeness (QED) is 0.686. The monoisotopic (exact) mass is 369 g/mol. The van der Waals surface area contributed by atoms with Crippen molar-refractivity contribution in [1.29, 1.82) is 0 Å². The Morgan fingerprint density at radius 3 is 2.84 bits per heavy atom. The molecule has 126 valence electrons. The van der Waals surface area contributed by atoms with Gasteiger partial charge >= 0.3 is 5.97 Å². The van der Waals surface area contributed by atoms with Crippen molar-refractivity contribution >= 4 is 40.2 Å². The summed E-state index contributed by atoms with van der Waals surface area (Å²) in [4.78, 5) is 27.8. The zero-order valence-electron chi connectivity index (χ0n) is 13.5. The molecule has 4 nitrogen and oxygen atoms in total. The second-order valence-electron chi connectivity index (χ2n) is 5.71. The molecule has 1 N–H and O–H groups in total. The summed E-state index contributed by atoms with van der Waals surface area (Å²) in [6, 6.07) is 11.0. The Morgan fingerprint density at radius 2 is 2.00 bits per heavy atom. The third-order valence-corrected chi connectivity index (χ3v) is 6.41. The standard InChI is InChI=1S/C19H15NO3S2/c1-23-19(22)12-4-2-3-5-14(12)20-18(21)16-10-11-6-7-15-13(8-9-24-15)17(11)25-16/h2-5,8-10H,6-7H2,1H3,(H,20,21). The molecule has 4 rings (SSSR count). The van der Waals surface area contributed by atoms with E-state index in [1.165, 1.54) is 39.3 Å². The summed E-state index contributed by atoms with van der Waals surface area (Å²) < 4.78 is 4.77. The Kier molecular flexibility index (Phi) is 4.15. The van der Waals surface area contributed by atoms with Gasteiger partial charge in [0.25, 0.3) is 5.91 Å². The van der Waals surface area contributed by atoms with Crippen LogP contribution in [-0.4, -0.2) is 19.0 Å². The minimum Gasteiger partial charge on any atom is -0.465 e. The van der Waals surface area contributed by atoms with E-state index in [9.17, 15) is 9.59 Å². The predicted octanol–water partition coefficient (Wildman–Crippen LogP) is 4.61. The topological polar surface area (TPSA) is 55.4 Å². The van der Waals surface area contributed by atoms with Crippen molar-refractivity contribution in [3.63, 3.8) is 0 Å². The SMILES string of the molecule is COC(=O)c1ccccc1NC(=O)c1cc2c(s1)-c1ccsc1CC2. The van der Waals surface area contributed by atoms with Crippen molar-refractivity contribution in [1.82, 2.24) is 0 Å². The summed E-state index contributed by atoms with van der Waals surface area (Å²) in [5.41, 5.74) is 3.29. The first kappa shape index (κ1) is 16.1. The third kappa shape index (κ3) is 2.88. The number of hydrogen-bond acceptors (Lipinski definition) is 5. The van der Waals surface area contributed by atoms with Crippen molar-refractivity contribution in [2.24, 2.45) is 0 Å². The van der Waals surface area contributed by atoms with Crippen LogP contribution in [0.1, 0.15) is 30.5 Å². The fourth-order valence-electron chi connectivity index (χ4n) is 3.00. The summed E-state index contributed by atoms with van der Waals surface area (Å²) >= 11 is 3.28. The Labute approximate surface area is 153 Å². The van der Waals surface area contributed by atoms with E-state index in [-0.39, 0.29) is 5.91 Å². The maximum atomic E-state index is 12.7. The van der Waals surface area contributed by atoms with E-state index < -0.39 is 5.97 Å². The number of para-hydroxylation sites is 1. The number of aryl methyl sites for hydroxylation is 2. The Bertz CT molecular complexity index is 971. The van der Waals surface area contributed by atoms with Crippen LogP contribution in [0, 0.1) is 0 Å². The first-order chi connectivity index (χ1) is 12.2. The van der Waals surface area contributed by atoms with Gasteiger partial charge in [-0.1, -0.05) is 12.1 Å². The van der Waals surface area contributed by atoms with Crippen LogP contribution in [0.3, 0.4) is 0 Å². The van der Waals surface area contributed by atoms with Crippen LogP contribution in [0.2, 0.25) is 0 Å². The molecule has 0 fully saturated rings. The molecule has 6 heteroatoms. The maximum Gasteiger partial charge on any atom is 0.339 e. The molecule has 0 saturated heterocycles. The van der Waals surface area contributed by atoms with Crippen molar-refractivity contribution < 1.29 is 14.3 Å². The summed E-state index contributed by atoms with van der Waals surface area (Å²) in [6.07, 6.45) is 1.99. The van der Waals surface area contributed by atoms with E-state index in [2.05, 4.69) is 16.8 Å². The molecule has 0 radical (unpaired) electrons. The van der Waals surface area contributed by atoms with Gasteiger partial charge in [-0.2, -0.15) is 0 Å². The zero-order valence-corrected chi connectivity index (χ0v) is 15.1. The number of anilines is 1. The molecule has 0 saturated carbocycles. The lowest BCUT2D eigenvalue weighted by atomic mass is 9.98. The summed E-state index contributed by atoms with van der Waals surface area (Å²) in [7, 11) is 1.33. The van der Waals surface area contributed by atoms with Crippen molar-refractivity contribution in [2.75, 3.05) is 12.4 Å². The van der Waals surface area contributed by atoms with Crippen LogP contribution in [0.25, 0.3) is 10.4 Å². The van der Waals surface area contributed by atoms with Gasteiger partial charge in [-0.3, -0.25) is 4.79 Å². The van der Waals surface area contributed by atoms with Crippen LogP contribution in [0.4, 0.5) is 5.69 Å². The van der Waals surface area contributed by atoms with Gasteiger partial charge in [-0.25, -0.2) is 4.79 Å². The molecular weight excluding hydrogens is 354 g/mol. The molecule has 25 heavy (non-hydrogen) atoms. The van der Waals surface area contributed by atoms with Crippen LogP contribution >= 0.6 is 22.7 Å². The van der Waals surface area contributed by atoms with Gasteiger partial charge in [0.05, 0.1) is 23.2 Å². The molecule has 2 aromatic heterocycles. The smallest absolute Gasteiger partial charge is 0.339 e. The minimum atomic E-state index is -0.468. The minimum absolute atomic E-state index is 0.201. The molecule has 1 aromatic carbocycles. The summed E-state index contributed by atoms with van der Waals surface area (Å²) in [5, 5.41) is 4.95. The molecule has 1 aliphatic carbocycles. The lowest BCUT2D eigenvalue weighted by Crippen LogP contribution is -2.14. The number of thiophene rings is 2. The molecule has 2 heterocycles. The molecule has 0 atom stereocenters. The van der Waals surface area contributed by atoms with E-state index >= 15 is 0 Å². The van der Waals surface area contributed by atoms with Gasteiger partial charge in [-0.05, 0) is 48.1 Å². The average molecular weight is 369 g/mol. The number of hydrogen-bond donors (Lipinski definition) is 1. The Morgan fingerprint density at radius 1 is 1.16 bits per heavy atom. The van der Waals surface area contributed by atoms with Gasteiger partial charge in [0.1, 0.15) is 0 Å². The number of methoxy groups -OCH3 is 1. The highest BCUT2D eigenvalue weighted by atomic mass is 32.1. The predicted molar refractivity (Wildman–Crippen MR) is 101 cm³/mol. The number of fused-ring (bicyclic) bond motifs is 3. The van der Waals surface area contributed by atoms with Crippen LogP contribution in [-0.2, 0) is 17.6 Å². The number of rotatable bonds is 3. The number of benzene rings is 1. The third-order valence-electron chi connectivity index (χ3n) is 4.22. The van der Waals surface area contributed by atoms with Crippen molar-refractivity contribution in [2.45, 2.75) is 12.8 Å². The second kappa shape index (κ2) is 6.46. The second-order valence-corrected chi connectivity index (χ2v) is 7.77. The number of amides is 1. The highest BCUT2D eigenvalue weighted by Gasteiger charge is 2.23. The van der Waals surface area contributed by atoms with Crippen molar-refractivity contribution in [3.05, 3.63) is 62.7 Å². The number of ether oxygens (including phenoxy) is 1. The molecule has 3 aromatic rings. The maximum absolute atomic E-state index is 12.7. The van der Waals surface area contributed by atoms with E-state index in [0.717, 1.165) is 12.8 Å².